The van der Waals surface area contributed by atoms with Crippen molar-refractivity contribution in [2.24, 2.45) is 0 Å². The smallest absolute Gasteiger partial charge is 0.143 e. The van der Waals surface area contributed by atoms with E-state index in [4.69, 9.17) is 0 Å². The molecule has 66 radical (unpaired) electrons. The van der Waals surface area contributed by atoms with Crippen LogP contribution in [0.4, 0.5) is 0 Å². The Balaban J connectivity index is -0.000000000521. The normalized spacial score (nSPS) is 3.82. The van der Waals surface area contributed by atoms with Gasteiger partial charge in [-0.15, -0.1) is 0 Å². The number of rotatable bonds is 0. The molecule has 0 nitrogen and oxygen atoms in total. The molecule has 0 bridgehead atoms. The third-order valence-electron chi connectivity index (χ3n) is 3.47. The van der Waals surface area contributed by atoms with Gasteiger partial charge in [0, 0.05) is 2160 Å². The molecule has 0 aromatic rings. The molecule has 67 heteroatoms. The molecule has 0 unspecified atom stereocenters. The standard InChI is InChI=1S/C9H17B.3C3H8.3CH3.66Y/c1-3-7-10-8-4-2-6-9(10)5-1;3*1-3-2;;;;;;;;;;;;;;;;;;;;;;;;;;;;;;;;;;;;;;;;;;;;;;;;;;;;;;;;;;;;;;;;;;;;;/h9H,1-8H2;3*3H2,1-2H3;3*1H3;;;;;;;;;;;;;;;;;;;;;;;;;;;;;;;;;;;;;;;;;;;;;;;;;;;;;;;;;;;;;;;;;;/q;;;;3*-1;;;;;;;;;;;;;;;;;;;;;;;;;;;;;;;;;;;;;;;;;;;;;;;;;;;;;;;;;;;;;;;;;;. The van der Waals surface area contributed by atoms with Crippen LogP contribution in [0.3, 0.4) is 0 Å². The maximum absolute atomic E-state index is 2.12. The molecule has 2 fully saturated rings. The summed E-state index contributed by atoms with van der Waals surface area (Å²) < 4.78 is 0. The molecule has 0 amide bonds. The molecule has 338 valence electrons. The quantitative estimate of drug-likeness (QED) is 0.169. The monoisotopic (exact) mass is 6180 g/mol. The molecule has 2 saturated heterocycles. The second-order valence-corrected chi connectivity index (χ2v) is 6.21. The van der Waals surface area contributed by atoms with Crippen molar-refractivity contribution in [2.75, 3.05) is 0 Å². The Morgan fingerprint density at radius 1 is 0.159 bits per heavy atom. The third kappa shape index (κ3) is 479. The van der Waals surface area contributed by atoms with Crippen molar-refractivity contribution >= 4 is 6.71 Å². The van der Waals surface area contributed by atoms with Crippen LogP contribution in [0.15, 0.2) is 0 Å². The van der Waals surface area contributed by atoms with Crippen molar-refractivity contribution < 1.29 is 2160 Å². The Morgan fingerprint density at radius 3 is 0.284 bits per heavy atom. The fraction of sp³-hybridized carbons (Fsp3) is 0.857. The van der Waals surface area contributed by atoms with E-state index in [1.165, 1.54) is 44.9 Å². The van der Waals surface area contributed by atoms with E-state index in [0.717, 1.165) is 12.5 Å². The van der Waals surface area contributed by atoms with Gasteiger partial charge < -0.3 is 22.3 Å². The molecule has 0 aromatic heterocycles. The van der Waals surface area contributed by atoms with Gasteiger partial charge in [-0.25, -0.2) is 0 Å². The van der Waals surface area contributed by atoms with Crippen molar-refractivity contribution in [3.63, 3.8) is 0 Å². The van der Waals surface area contributed by atoms with Crippen LogP contribution in [0.1, 0.15) is 99.3 Å². The van der Waals surface area contributed by atoms with Crippen molar-refractivity contribution in [2.45, 2.75) is 118 Å². The van der Waals surface area contributed by atoms with Gasteiger partial charge in [0.05, 0.1) is 0 Å². The summed E-state index contributed by atoms with van der Waals surface area (Å²) in [5.41, 5.74) is 0. The van der Waals surface area contributed by atoms with E-state index < -0.39 is 0 Å². The van der Waals surface area contributed by atoms with Crippen molar-refractivity contribution in [1.82, 2.24) is 0 Å². The largest absolute Gasteiger partial charge is 0.358 e. The molecule has 2 rings (SSSR count). The van der Waals surface area contributed by atoms with E-state index >= 15 is 0 Å². The van der Waals surface area contributed by atoms with Gasteiger partial charge in [-0.05, 0) is 0 Å². The van der Waals surface area contributed by atoms with Crippen molar-refractivity contribution in [1.29, 1.82) is 0 Å². The first kappa shape index (κ1) is 509. The molecule has 2 heterocycles. The Labute approximate surface area is 2220 Å². The maximum Gasteiger partial charge on any atom is 0.143 e. The van der Waals surface area contributed by atoms with Gasteiger partial charge in [0.25, 0.3) is 0 Å². The predicted molar refractivity (Wildman–Crippen MR) is 114 cm³/mol. The van der Waals surface area contributed by atoms with E-state index in [-0.39, 0.29) is 2180 Å². The minimum atomic E-state index is 0. The van der Waals surface area contributed by atoms with Gasteiger partial charge in [-0.3, -0.25) is 0 Å². The summed E-state index contributed by atoms with van der Waals surface area (Å²) in [6.07, 6.45) is 16.1. The van der Waals surface area contributed by atoms with Crippen molar-refractivity contribution in [3.05, 3.63) is 22.3 Å². The molecular weight excluding hydrogens is 6130 g/mol. The fourth-order valence-corrected chi connectivity index (χ4v) is 2.86. The van der Waals surface area contributed by atoms with Crippen LogP contribution in [-0.2, 0) is 2160 Å². The average molecular weight is 6180 g/mol. The van der Waals surface area contributed by atoms with E-state index in [1.807, 2.05) is 0 Å². The summed E-state index contributed by atoms with van der Waals surface area (Å²) in [4.78, 5) is 0. The summed E-state index contributed by atoms with van der Waals surface area (Å²) >= 11 is 0. The topological polar surface area (TPSA) is 0 Å². The summed E-state index contributed by atoms with van der Waals surface area (Å²) in [7, 11) is 0. The Bertz CT molecular complexity index is 185. The minimum absolute atomic E-state index is 0. The molecule has 88 heavy (non-hydrogen) atoms. The van der Waals surface area contributed by atoms with Gasteiger partial charge in [0.15, 0.2) is 0 Å². The van der Waals surface area contributed by atoms with Crippen LogP contribution < -0.4 is 0 Å². The first-order valence-electron chi connectivity index (χ1n) is 9.21. The Hall–Kier alpha value is 72.9. The zero-order chi connectivity index (χ0) is 14.9. The maximum atomic E-state index is 2.12. The van der Waals surface area contributed by atoms with Crippen LogP contribution in [0.5, 0.6) is 0 Å². The summed E-state index contributed by atoms with van der Waals surface area (Å²) in [6, 6.07) is 0. The second kappa shape index (κ2) is 500. The first-order chi connectivity index (χ1) is 9.21. The van der Waals surface area contributed by atoms with Gasteiger partial charge >= 0.3 is 0 Å². The van der Waals surface area contributed by atoms with Crippen LogP contribution in [0.2, 0.25) is 18.5 Å². The zero-order valence-electron chi connectivity index (χ0n) is 56.0. The first-order valence-corrected chi connectivity index (χ1v) is 9.21. The number of hydrogen-bond donors (Lipinski definition) is 0. The summed E-state index contributed by atoms with van der Waals surface area (Å²) in [5, 5.41) is 0. The molecular formula is C21H50BY66-3. The van der Waals surface area contributed by atoms with E-state index in [2.05, 4.69) is 41.5 Å². The molecule has 2 aliphatic heterocycles. The van der Waals surface area contributed by atoms with Crippen LogP contribution >= 0.6 is 0 Å². The van der Waals surface area contributed by atoms with Gasteiger partial charge in [0.2, 0.25) is 0 Å². The predicted octanol–water partition coefficient (Wildman–Crippen LogP) is 8.65. The van der Waals surface area contributed by atoms with Gasteiger partial charge in [0.1, 0.15) is 6.71 Å². The second-order valence-electron chi connectivity index (χ2n) is 6.21. The zero-order valence-corrected chi connectivity index (χ0v) is 243. The number of hydrogen-bond acceptors (Lipinski definition) is 0. The SMILES string of the molecule is C1CCC2CCCCB2C1.CCC.CCC.CCC.[CH3-].[CH3-].[CH3-].[Y].[Y].[Y].[Y].[Y].[Y].[Y].[Y].[Y].[Y].[Y].[Y].[Y].[Y].[Y].[Y].[Y].[Y].[Y].[Y].[Y].[Y].[Y].[Y].[Y].[Y].[Y].[Y].[Y].[Y].[Y].[Y].[Y].[Y].[Y].[Y].[Y].[Y].[Y].[Y].[Y].[Y].[Y].[Y].[Y].[Y].[Y].[Y].[Y].[Y].[Y].[Y].[Y].[Y].[Y].[Y].[Y].[Y].[Y].[Y].[Y].[Y].[Y].[Y].[Y].[Y]. The van der Waals surface area contributed by atoms with Crippen LogP contribution in [0, 0.1) is 22.3 Å². The van der Waals surface area contributed by atoms with Crippen molar-refractivity contribution in [3.8, 4) is 0 Å². The van der Waals surface area contributed by atoms with E-state index in [9.17, 15) is 0 Å². The van der Waals surface area contributed by atoms with Gasteiger partial charge in [-0.1, -0.05) is 118 Å². The van der Waals surface area contributed by atoms with Crippen LogP contribution in [0.25, 0.3) is 0 Å². The molecule has 2 aliphatic rings. The Kier molecular flexibility index (Phi) is 2890. The third-order valence-corrected chi connectivity index (χ3v) is 3.47. The van der Waals surface area contributed by atoms with Gasteiger partial charge in [-0.2, -0.15) is 0 Å². The molecule has 0 atom stereocenters. The van der Waals surface area contributed by atoms with Crippen LogP contribution in [-0.4, -0.2) is 6.71 Å². The van der Waals surface area contributed by atoms with E-state index in [1.54, 1.807) is 25.5 Å². The molecule has 0 aromatic carbocycles. The molecule has 0 saturated carbocycles. The summed E-state index contributed by atoms with van der Waals surface area (Å²) in [6.45, 7) is 13.9. The molecule has 0 aliphatic carbocycles. The fourth-order valence-electron chi connectivity index (χ4n) is 2.86. The molecule has 0 spiro atoms. The average Bonchev–Trinajstić information content (AvgIpc) is 2.42. The molecule has 0 N–H and O–H groups in total. The summed E-state index contributed by atoms with van der Waals surface area (Å²) in [5.74, 6) is 1.16. The minimum Gasteiger partial charge on any atom is -0.358 e. The number of fused-ring (bicyclic) bond motifs is 1. The van der Waals surface area contributed by atoms with E-state index in [0.29, 0.717) is 0 Å². The Morgan fingerprint density at radius 2 is 0.227 bits per heavy atom.